The van der Waals surface area contributed by atoms with Crippen molar-refractivity contribution in [2.75, 3.05) is 0 Å². The first-order valence-electron chi connectivity index (χ1n) is 11.9. The molecule has 0 aromatic heterocycles. The first kappa shape index (κ1) is 48.9. The van der Waals surface area contributed by atoms with Crippen LogP contribution >= 0.6 is 0 Å². The van der Waals surface area contributed by atoms with Crippen LogP contribution in [0.1, 0.15) is 70.2 Å². The molecule has 0 spiro atoms. The second kappa shape index (κ2) is 41.9. The van der Waals surface area contributed by atoms with Crippen molar-refractivity contribution in [2.24, 2.45) is 0 Å². The molecule has 3 radical (unpaired) electrons. The average molecular weight is 697 g/mol. The molecular formula is C32H46Y3-6. The summed E-state index contributed by atoms with van der Waals surface area (Å²) in [6.07, 6.45) is 3.67. The molecule has 3 aromatic rings. The minimum atomic E-state index is 0. The van der Waals surface area contributed by atoms with Gasteiger partial charge in [-0.05, 0) is 0 Å². The molecule has 0 aliphatic carbocycles. The van der Waals surface area contributed by atoms with Crippen molar-refractivity contribution in [1.29, 1.82) is 0 Å². The largest absolute Gasteiger partial charge is 0.350 e. The summed E-state index contributed by atoms with van der Waals surface area (Å²) in [6, 6.07) is 30.1. The van der Waals surface area contributed by atoms with Crippen molar-refractivity contribution in [3.63, 3.8) is 0 Å². The summed E-state index contributed by atoms with van der Waals surface area (Å²) in [7, 11) is 0. The van der Waals surface area contributed by atoms with E-state index in [1.165, 1.54) is 16.7 Å². The van der Waals surface area contributed by atoms with E-state index in [0.717, 1.165) is 31.2 Å². The fraction of sp³-hybridized carbons (Fsp3) is 0.312. The van der Waals surface area contributed by atoms with Crippen LogP contribution in [0.15, 0.2) is 72.8 Å². The van der Waals surface area contributed by atoms with E-state index < -0.39 is 0 Å². The first-order valence-corrected chi connectivity index (χ1v) is 11.9. The zero-order valence-corrected chi connectivity index (χ0v) is 31.8. The Balaban J connectivity index is -0.0000000783. The van der Waals surface area contributed by atoms with E-state index in [1.807, 2.05) is 102 Å². The molecule has 0 saturated heterocycles. The van der Waals surface area contributed by atoms with Gasteiger partial charge in [0.1, 0.15) is 0 Å². The van der Waals surface area contributed by atoms with Gasteiger partial charge in [-0.1, -0.05) is 54.0 Å². The average Bonchev–Trinajstić information content (AvgIpc) is 2.90. The van der Waals surface area contributed by atoms with Crippen molar-refractivity contribution in [3.8, 4) is 0 Å². The smallest absolute Gasteiger partial charge is 0 e. The number of aryl methyl sites for hydroxylation is 1. The second-order valence-corrected chi connectivity index (χ2v) is 5.65. The number of rotatable bonds is 4. The molecule has 0 aliphatic rings. The third kappa shape index (κ3) is 31.0. The summed E-state index contributed by atoms with van der Waals surface area (Å²) in [5.41, 5.74) is 4.75. The van der Waals surface area contributed by atoms with Crippen LogP contribution in [0.25, 0.3) is 0 Å². The number of hydrogen-bond acceptors (Lipinski definition) is 0. The Morgan fingerprint density at radius 1 is 0.571 bits per heavy atom. The van der Waals surface area contributed by atoms with Crippen LogP contribution in [0.3, 0.4) is 0 Å². The zero-order chi connectivity index (χ0) is 25.0. The molecule has 0 fully saturated rings. The van der Waals surface area contributed by atoms with Gasteiger partial charge in [0.05, 0.1) is 0 Å². The van der Waals surface area contributed by atoms with Gasteiger partial charge in [-0.25, -0.2) is 6.42 Å². The summed E-state index contributed by atoms with van der Waals surface area (Å²) in [5, 5.41) is 0. The molecule has 0 amide bonds. The van der Waals surface area contributed by atoms with Gasteiger partial charge in [-0.3, -0.25) is 0 Å². The molecule has 0 bridgehead atoms. The molecule has 0 heterocycles. The van der Waals surface area contributed by atoms with Crippen LogP contribution in [-0.2, 0) is 117 Å². The molecular weight excluding hydrogens is 651 g/mol. The van der Waals surface area contributed by atoms with E-state index in [1.54, 1.807) is 0 Å². The predicted octanol–water partition coefficient (Wildman–Crippen LogP) is 9.43. The van der Waals surface area contributed by atoms with E-state index in [2.05, 4.69) is 52.0 Å². The van der Waals surface area contributed by atoms with Crippen molar-refractivity contribution < 1.29 is 98.1 Å². The van der Waals surface area contributed by atoms with Gasteiger partial charge in [0, 0.05) is 98.1 Å². The first-order chi connectivity index (χ1) is 15.7. The Morgan fingerprint density at radius 2 is 1.00 bits per heavy atom. The normalized spacial score (nSPS) is 7.46. The molecule has 0 unspecified atom stereocenters. The van der Waals surface area contributed by atoms with E-state index in [9.17, 15) is 0 Å². The molecule has 3 aromatic carbocycles. The zero-order valence-electron chi connectivity index (χ0n) is 23.3. The van der Waals surface area contributed by atoms with E-state index in [4.69, 9.17) is 0 Å². The topological polar surface area (TPSA) is 0 Å². The van der Waals surface area contributed by atoms with Crippen LogP contribution in [-0.4, -0.2) is 0 Å². The molecule has 0 atom stereocenters. The minimum absolute atomic E-state index is 0. The Morgan fingerprint density at radius 3 is 1.29 bits per heavy atom. The van der Waals surface area contributed by atoms with Crippen LogP contribution in [0.2, 0.25) is 0 Å². The molecule has 35 heavy (non-hydrogen) atoms. The van der Waals surface area contributed by atoms with Gasteiger partial charge < -0.3 is 20.8 Å². The summed E-state index contributed by atoms with van der Waals surface area (Å²) >= 11 is 0. The van der Waals surface area contributed by atoms with Crippen molar-refractivity contribution in [2.45, 2.75) is 67.2 Å². The SMILES string of the molecule is CC.CC.CC.[CH2-]CCc1[c-]cccc1.[CH2-]Cc1[c-]cccc1.[CH2-]Cc1ccccc1[CH2-].[Y].[Y].[Y]. The fourth-order valence-electron chi connectivity index (χ4n) is 2.16. The van der Waals surface area contributed by atoms with Crippen LogP contribution in [0.4, 0.5) is 0 Å². The second-order valence-electron chi connectivity index (χ2n) is 5.65. The van der Waals surface area contributed by atoms with Crippen LogP contribution < -0.4 is 0 Å². The maximum Gasteiger partial charge on any atom is 0 e. The van der Waals surface area contributed by atoms with Gasteiger partial charge in [-0.15, -0.1) is 12.1 Å². The van der Waals surface area contributed by atoms with Crippen molar-refractivity contribution in [1.82, 2.24) is 0 Å². The Bertz CT molecular complexity index is 698. The van der Waals surface area contributed by atoms with Crippen molar-refractivity contribution in [3.05, 3.63) is 135 Å². The maximum atomic E-state index is 3.85. The van der Waals surface area contributed by atoms with Crippen molar-refractivity contribution >= 4 is 0 Å². The van der Waals surface area contributed by atoms with E-state index in [-0.39, 0.29) is 98.1 Å². The molecule has 189 valence electrons. The quantitative estimate of drug-likeness (QED) is 0.239. The Kier molecular flexibility index (Phi) is 58.6. The third-order valence-electron chi connectivity index (χ3n) is 3.65. The Hall–Kier alpha value is 0.842. The molecule has 0 aliphatic heterocycles. The maximum absolute atomic E-state index is 3.85. The van der Waals surface area contributed by atoms with Crippen LogP contribution in [0.5, 0.6) is 0 Å². The number of hydrogen-bond donors (Lipinski definition) is 0. The monoisotopic (exact) mass is 697 g/mol. The van der Waals surface area contributed by atoms with E-state index in [0.29, 0.717) is 0 Å². The standard InChI is InChI=1S/2C9H10.C8H8.3C2H6.3Y/c1-3-9-7-5-4-6-8(9)2;1-2-6-9-7-4-3-5-8-9;1-2-8-6-4-3-5-7-8;3*1-2;;;/h4-7H,1-3H2;3-5,7H,1-2,6H2;3-6H,1-2H2;3*1-2H3;;;/q3*-2;;;;;;. The number of benzene rings is 3. The van der Waals surface area contributed by atoms with Gasteiger partial charge >= 0.3 is 0 Å². The summed E-state index contributed by atoms with van der Waals surface area (Å²) < 4.78 is 0. The fourth-order valence-corrected chi connectivity index (χ4v) is 2.16. The molecule has 0 saturated carbocycles. The van der Waals surface area contributed by atoms with Gasteiger partial charge in [0.2, 0.25) is 0 Å². The van der Waals surface area contributed by atoms with Gasteiger partial charge in [-0.2, -0.15) is 109 Å². The molecule has 3 rings (SSSR count). The van der Waals surface area contributed by atoms with E-state index >= 15 is 0 Å². The third-order valence-corrected chi connectivity index (χ3v) is 3.65. The molecule has 3 heteroatoms. The summed E-state index contributed by atoms with van der Waals surface area (Å²) in [4.78, 5) is 0. The van der Waals surface area contributed by atoms with Gasteiger partial charge in [0.15, 0.2) is 0 Å². The minimum Gasteiger partial charge on any atom is -0.350 e. The van der Waals surface area contributed by atoms with Gasteiger partial charge in [0.25, 0.3) is 0 Å². The van der Waals surface area contributed by atoms with Crippen LogP contribution in [0, 0.1) is 39.8 Å². The summed E-state index contributed by atoms with van der Waals surface area (Å²) in [6.45, 7) is 27.1. The molecule has 0 N–H and O–H groups in total. The molecule has 0 nitrogen and oxygen atoms in total. The Labute approximate surface area is 296 Å². The summed E-state index contributed by atoms with van der Waals surface area (Å²) in [5.74, 6) is 0. The predicted molar refractivity (Wildman–Crippen MR) is 147 cm³/mol.